The van der Waals surface area contributed by atoms with E-state index in [1.54, 1.807) is 0 Å². The Morgan fingerprint density at radius 3 is 2.62 bits per heavy atom. The predicted octanol–water partition coefficient (Wildman–Crippen LogP) is 2.10. The number of anilines is 1. The fourth-order valence-corrected chi connectivity index (χ4v) is 2.68. The number of nitrogens with zero attached hydrogens (tertiary/aromatic N) is 2. The van der Waals surface area contributed by atoms with Crippen LogP contribution in [0.15, 0.2) is 30.3 Å². The molecule has 1 aromatic heterocycles. The van der Waals surface area contributed by atoms with Crippen LogP contribution in [0.2, 0.25) is 0 Å². The van der Waals surface area contributed by atoms with Crippen molar-refractivity contribution in [1.29, 1.82) is 0 Å². The van der Waals surface area contributed by atoms with Gasteiger partial charge in [-0.1, -0.05) is 25.1 Å². The molecule has 0 aliphatic carbocycles. The zero-order chi connectivity index (χ0) is 15.0. The molecule has 2 amide bonds. The van der Waals surface area contributed by atoms with Crippen LogP contribution in [0.25, 0.3) is 10.9 Å². The summed E-state index contributed by atoms with van der Waals surface area (Å²) < 4.78 is 0. The lowest BCUT2D eigenvalue weighted by Crippen LogP contribution is -2.42. The van der Waals surface area contributed by atoms with Crippen LogP contribution in [0, 0.1) is 5.92 Å². The highest BCUT2D eigenvalue weighted by atomic mass is 16.2. The molecule has 21 heavy (non-hydrogen) atoms. The SMILES string of the molecule is CC1CC(=O)N(Cc2cc3ccccc3nc2N)C(=O)C1. The number of piperidine rings is 1. The minimum atomic E-state index is -0.133. The first-order valence-corrected chi connectivity index (χ1v) is 7.02. The molecule has 1 aliphatic heterocycles. The van der Waals surface area contributed by atoms with Gasteiger partial charge in [-0.3, -0.25) is 14.5 Å². The zero-order valence-electron chi connectivity index (χ0n) is 11.9. The molecule has 1 aliphatic rings. The molecule has 0 bridgehead atoms. The number of fused-ring (bicyclic) bond motifs is 1. The number of amides is 2. The van der Waals surface area contributed by atoms with E-state index in [2.05, 4.69) is 4.98 Å². The fourth-order valence-electron chi connectivity index (χ4n) is 2.68. The van der Waals surface area contributed by atoms with Gasteiger partial charge in [0.2, 0.25) is 11.8 Å². The third kappa shape index (κ3) is 2.59. The predicted molar refractivity (Wildman–Crippen MR) is 80.1 cm³/mol. The van der Waals surface area contributed by atoms with E-state index in [9.17, 15) is 9.59 Å². The zero-order valence-corrected chi connectivity index (χ0v) is 11.9. The molecule has 1 aromatic carbocycles. The lowest BCUT2D eigenvalue weighted by atomic mass is 9.97. The summed E-state index contributed by atoms with van der Waals surface area (Å²) in [6.45, 7) is 2.12. The van der Waals surface area contributed by atoms with Gasteiger partial charge >= 0.3 is 0 Å². The summed E-state index contributed by atoms with van der Waals surface area (Å²) in [5.74, 6) is 0.221. The molecule has 5 nitrogen and oxygen atoms in total. The lowest BCUT2D eigenvalue weighted by Gasteiger charge is -2.28. The van der Waals surface area contributed by atoms with E-state index in [4.69, 9.17) is 5.73 Å². The summed E-state index contributed by atoms with van der Waals surface area (Å²) >= 11 is 0. The van der Waals surface area contributed by atoms with Crippen LogP contribution in [0.5, 0.6) is 0 Å². The molecule has 3 rings (SSSR count). The Labute approximate surface area is 122 Å². The number of aromatic nitrogens is 1. The lowest BCUT2D eigenvalue weighted by molar-refractivity contribution is -0.150. The molecular formula is C16H17N3O2. The second kappa shape index (κ2) is 5.16. The molecule has 0 spiro atoms. The second-order valence-corrected chi connectivity index (χ2v) is 5.61. The van der Waals surface area contributed by atoms with Gasteiger partial charge in [0.25, 0.3) is 0 Å². The fraction of sp³-hybridized carbons (Fsp3) is 0.312. The van der Waals surface area contributed by atoms with E-state index in [1.165, 1.54) is 4.90 Å². The molecule has 2 heterocycles. The quantitative estimate of drug-likeness (QED) is 0.856. The van der Waals surface area contributed by atoms with Crippen molar-refractivity contribution in [2.45, 2.75) is 26.3 Å². The van der Waals surface area contributed by atoms with E-state index in [-0.39, 0.29) is 24.3 Å². The molecule has 1 saturated heterocycles. The van der Waals surface area contributed by atoms with Gasteiger partial charge in [-0.15, -0.1) is 0 Å². The number of carbonyl (C=O) groups is 2. The van der Waals surface area contributed by atoms with Crippen molar-refractivity contribution in [2.75, 3.05) is 5.73 Å². The highest BCUT2D eigenvalue weighted by Crippen LogP contribution is 2.24. The smallest absolute Gasteiger partial charge is 0.229 e. The van der Waals surface area contributed by atoms with Crippen LogP contribution in [0.1, 0.15) is 25.3 Å². The number of benzene rings is 1. The summed E-state index contributed by atoms with van der Waals surface area (Å²) in [5.41, 5.74) is 7.48. The number of likely N-dealkylation sites (tertiary alicyclic amines) is 1. The van der Waals surface area contributed by atoms with Crippen LogP contribution >= 0.6 is 0 Å². The number of para-hydroxylation sites is 1. The monoisotopic (exact) mass is 283 g/mol. The van der Waals surface area contributed by atoms with Gasteiger partial charge in [0.15, 0.2) is 0 Å². The van der Waals surface area contributed by atoms with Crippen LogP contribution < -0.4 is 5.73 Å². The summed E-state index contributed by atoms with van der Waals surface area (Å²) in [6, 6.07) is 9.54. The molecule has 0 unspecified atom stereocenters. The Hall–Kier alpha value is -2.43. The normalized spacial score (nSPS) is 16.7. The maximum atomic E-state index is 12.0. The number of carbonyl (C=O) groups excluding carboxylic acids is 2. The number of hydrogen-bond acceptors (Lipinski definition) is 4. The number of hydrogen-bond donors (Lipinski definition) is 1. The minimum absolute atomic E-state index is 0.119. The summed E-state index contributed by atoms with van der Waals surface area (Å²) in [7, 11) is 0. The number of nitrogen functional groups attached to an aromatic ring is 1. The standard InChI is InChI=1S/C16H17N3O2/c1-10-6-14(20)19(15(21)7-10)9-12-8-11-4-2-3-5-13(11)18-16(12)17/h2-5,8,10H,6-7,9H2,1H3,(H2,17,18). The first-order valence-electron chi connectivity index (χ1n) is 7.02. The van der Waals surface area contributed by atoms with Crippen molar-refractivity contribution >= 4 is 28.5 Å². The molecule has 0 atom stereocenters. The Bertz CT molecular complexity index is 709. The topological polar surface area (TPSA) is 76.3 Å². The number of rotatable bonds is 2. The van der Waals surface area contributed by atoms with E-state index < -0.39 is 0 Å². The van der Waals surface area contributed by atoms with Crippen LogP contribution in [-0.4, -0.2) is 21.7 Å². The maximum Gasteiger partial charge on any atom is 0.229 e. The molecule has 2 aromatic rings. The summed E-state index contributed by atoms with van der Waals surface area (Å²) in [4.78, 5) is 29.7. The van der Waals surface area contributed by atoms with E-state index in [0.29, 0.717) is 24.2 Å². The van der Waals surface area contributed by atoms with Crippen molar-refractivity contribution in [3.8, 4) is 0 Å². The number of nitrogens with two attached hydrogens (primary N) is 1. The third-order valence-electron chi connectivity index (χ3n) is 3.81. The first kappa shape index (κ1) is 13.5. The van der Waals surface area contributed by atoms with Crippen molar-refractivity contribution in [3.63, 3.8) is 0 Å². The average molecular weight is 283 g/mol. The Morgan fingerprint density at radius 1 is 1.24 bits per heavy atom. The van der Waals surface area contributed by atoms with E-state index in [1.807, 2.05) is 37.3 Å². The van der Waals surface area contributed by atoms with Gasteiger partial charge in [0.1, 0.15) is 5.82 Å². The number of pyridine rings is 1. The Morgan fingerprint density at radius 2 is 1.90 bits per heavy atom. The van der Waals surface area contributed by atoms with Crippen molar-refractivity contribution < 1.29 is 9.59 Å². The van der Waals surface area contributed by atoms with Gasteiger partial charge in [-0.05, 0) is 18.1 Å². The molecule has 0 saturated carbocycles. The summed E-state index contributed by atoms with van der Waals surface area (Å²) in [5, 5.41) is 0.951. The molecule has 0 radical (unpaired) electrons. The average Bonchev–Trinajstić information content (AvgIpc) is 2.43. The maximum absolute atomic E-state index is 12.0. The Kier molecular flexibility index (Phi) is 3.33. The van der Waals surface area contributed by atoms with Gasteiger partial charge < -0.3 is 5.73 Å². The highest BCUT2D eigenvalue weighted by molar-refractivity contribution is 5.98. The first-order chi connectivity index (χ1) is 10.0. The Balaban J connectivity index is 1.92. The number of imide groups is 1. The largest absolute Gasteiger partial charge is 0.383 e. The van der Waals surface area contributed by atoms with Gasteiger partial charge in [-0.25, -0.2) is 4.98 Å². The molecule has 2 N–H and O–H groups in total. The highest BCUT2D eigenvalue weighted by Gasteiger charge is 2.30. The van der Waals surface area contributed by atoms with Crippen molar-refractivity contribution in [3.05, 3.63) is 35.9 Å². The molecule has 5 heteroatoms. The van der Waals surface area contributed by atoms with Crippen LogP contribution in [0.3, 0.4) is 0 Å². The van der Waals surface area contributed by atoms with E-state index in [0.717, 1.165) is 10.9 Å². The molecule has 1 fully saturated rings. The second-order valence-electron chi connectivity index (χ2n) is 5.61. The third-order valence-corrected chi connectivity index (χ3v) is 3.81. The van der Waals surface area contributed by atoms with Crippen LogP contribution in [-0.2, 0) is 16.1 Å². The minimum Gasteiger partial charge on any atom is -0.383 e. The van der Waals surface area contributed by atoms with Crippen molar-refractivity contribution in [1.82, 2.24) is 9.88 Å². The molecular weight excluding hydrogens is 266 g/mol. The van der Waals surface area contributed by atoms with Crippen LogP contribution in [0.4, 0.5) is 5.82 Å². The van der Waals surface area contributed by atoms with Crippen molar-refractivity contribution in [2.24, 2.45) is 5.92 Å². The van der Waals surface area contributed by atoms with Gasteiger partial charge in [0.05, 0.1) is 12.1 Å². The van der Waals surface area contributed by atoms with E-state index >= 15 is 0 Å². The van der Waals surface area contributed by atoms with Gasteiger partial charge in [0, 0.05) is 23.8 Å². The summed E-state index contributed by atoms with van der Waals surface area (Å²) in [6.07, 6.45) is 0.819. The molecule has 108 valence electrons. The van der Waals surface area contributed by atoms with Gasteiger partial charge in [-0.2, -0.15) is 0 Å².